The van der Waals surface area contributed by atoms with Crippen molar-refractivity contribution in [2.75, 3.05) is 12.4 Å². The zero-order valence-corrected chi connectivity index (χ0v) is 19.2. The first-order chi connectivity index (χ1) is 15.4. The SMILES string of the molecule is COc1cc(/C=C(\C#N)C(=O)Nc2ccc(F)cc2)cc(Cl)c1OCc1ccccc1Br. The van der Waals surface area contributed by atoms with Crippen LogP contribution in [0.4, 0.5) is 10.1 Å². The van der Waals surface area contributed by atoms with E-state index in [4.69, 9.17) is 21.1 Å². The number of methoxy groups -OCH3 is 1. The summed E-state index contributed by atoms with van der Waals surface area (Å²) < 4.78 is 25.2. The highest BCUT2D eigenvalue weighted by Crippen LogP contribution is 2.38. The van der Waals surface area contributed by atoms with Gasteiger partial charge in [0.05, 0.1) is 12.1 Å². The van der Waals surface area contributed by atoms with Gasteiger partial charge in [0.15, 0.2) is 11.5 Å². The van der Waals surface area contributed by atoms with Gasteiger partial charge in [-0.15, -0.1) is 0 Å². The molecular weight excluding hydrogens is 499 g/mol. The summed E-state index contributed by atoms with van der Waals surface area (Å²) in [4.78, 5) is 12.4. The molecule has 0 aromatic heterocycles. The lowest BCUT2D eigenvalue weighted by Gasteiger charge is -2.14. The Bertz CT molecular complexity index is 1210. The monoisotopic (exact) mass is 514 g/mol. The molecule has 0 aliphatic heterocycles. The van der Waals surface area contributed by atoms with Crippen LogP contribution in [0.2, 0.25) is 5.02 Å². The minimum Gasteiger partial charge on any atom is -0.493 e. The summed E-state index contributed by atoms with van der Waals surface area (Å²) in [5.41, 5.74) is 1.61. The van der Waals surface area contributed by atoms with E-state index < -0.39 is 11.7 Å². The van der Waals surface area contributed by atoms with Crippen LogP contribution in [0.25, 0.3) is 6.08 Å². The van der Waals surface area contributed by atoms with Gasteiger partial charge in [0.1, 0.15) is 24.1 Å². The van der Waals surface area contributed by atoms with Crippen LogP contribution in [0.3, 0.4) is 0 Å². The van der Waals surface area contributed by atoms with Crippen LogP contribution in [-0.2, 0) is 11.4 Å². The lowest BCUT2D eigenvalue weighted by Crippen LogP contribution is -2.13. The second-order valence-corrected chi connectivity index (χ2v) is 7.81. The summed E-state index contributed by atoms with van der Waals surface area (Å²) in [5, 5.41) is 12.2. The molecule has 1 N–H and O–H groups in total. The smallest absolute Gasteiger partial charge is 0.266 e. The van der Waals surface area contributed by atoms with Gasteiger partial charge in [-0.3, -0.25) is 4.79 Å². The normalized spacial score (nSPS) is 10.9. The van der Waals surface area contributed by atoms with E-state index in [9.17, 15) is 14.4 Å². The van der Waals surface area contributed by atoms with Crippen LogP contribution >= 0.6 is 27.5 Å². The fourth-order valence-corrected chi connectivity index (χ4v) is 3.45. The van der Waals surface area contributed by atoms with E-state index in [2.05, 4.69) is 21.2 Å². The van der Waals surface area contributed by atoms with Crippen LogP contribution < -0.4 is 14.8 Å². The molecule has 0 unspecified atom stereocenters. The largest absolute Gasteiger partial charge is 0.493 e. The summed E-state index contributed by atoms with van der Waals surface area (Å²) >= 11 is 9.88. The molecule has 5 nitrogen and oxygen atoms in total. The van der Waals surface area contributed by atoms with Gasteiger partial charge in [0.2, 0.25) is 0 Å². The van der Waals surface area contributed by atoms with Crippen molar-refractivity contribution in [3.05, 3.63) is 92.7 Å². The van der Waals surface area contributed by atoms with Gasteiger partial charge >= 0.3 is 0 Å². The second kappa shape index (κ2) is 10.8. The Morgan fingerprint density at radius 1 is 1.22 bits per heavy atom. The maximum absolute atomic E-state index is 13.0. The molecule has 0 aliphatic carbocycles. The number of amides is 1. The first-order valence-electron chi connectivity index (χ1n) is 9.33. The molecule has 0 atom stereocenters. The van der Waals surface area contributed by atoms with Crippen molar-refractivity contribution in [2.24, 2.45) is 0 Å². The average Bonchev–Trinajstić information content (AvgIpc) is 2.78. The van der Waals surface area contributed by atoms with Crippen LogP contribution in [0, 0.1) is 17.1 Å². The Morgan fingerprint density at radius 2 is 1.94 bits per heavy atom. The molecule has 8 heteroatoms. The number of halogens is 3. The molecule has 0 spiro atoms. The molecule has 0 aliphatic rings. The Hall–Kier alpha value is -3.34. The van der Waals surface area contributed by atoms with E-state index in [1.807, 2.05) is 30.3 Å². The van der Waals surface area contributed by atoms with Gasteiger partial charge in [0, 0.05) is 15.7 Å². The van der Waals surface area contributed by atoms with Gasteiger partial charge in [-0.1, -0.05) is 45.7 Å². The number of nitriles is 1. The van der Waals surface area contributed by atoms with E-state index in [-0.39, 0.29) is 17.2 Å². The molecule has 1 amide bonds. The molecular formula is C24H17BrClFN2O3. The first-order valence-corrected chi connectivity index (χ1v) is 10.5. The molecule has 3 rings (SSSR count). The van der Waals surface area contributed by atoms with E-state index in [1.165, 1.54) is 37.5 Å². The van der Waals surface area contributed by atoms with Gasteiger partial charge in [0.25, 0.3) is 5.91 Å². The molecule has 0 saturated carbocycles. The molecule has 0 fully saturated rings. The van der Waals surface area contributed by atoms with Gasteiger partial charge in [-0.25, -0.2) is 4.39 Å². The molecule has 162 valence electrons. The number of hydrogen-bond donors (Lipinski definition) is 1. The number of ether oxygens (including phenoxy) is 2. The number of nitrogens with one attached hydrogen (secondary N) is 1. The molecule has 0 heterocycles. The molecule has 3 aromatic carbocycles. The summed E-state index contributed by atoms with van der Waals surface area (Å²) in [6.45, 7) is 0.260. The standard InChI is InChI=1S/C24H17BrClFN2O3/c1-31-22-12-15(10-17(13-28)24(30)29-19-8-6-18(27)7-9-19)11-21(26)23(22)32-14-16-4-2-3-5-20(16)25/h2-12H,14H2,1H3,(H,29,30)/b17-10+. The zero-order chi connectivity index (χ0) is 23.1. The predicted octanol–water partition coefficient (Wildman–Crippen LogP) is 6.37. The third kappa shape index (κ3) is 5.88. The lowest BCUT2D eigenvalue weighted by molar-refractivity contribution is -0.112. The van der Waals surface area contributed by atoms with Gasteiger partial charge < -0.3 is 14.8 Å². The number of rotatable bonds is 7. The Kier molecular flexibility index (Phi) is 7.87. The lowest BCUT2D eigenvalue weighted by atomic mass is 10.1. The minimum absolute atomic E-state index is 0.158. The van der Waals surface area contributed by atoms with Gasteiger partial charge in [-0.05, 0) is 54.1 Å². The van der Waals surface area contributed by atoms with Crippen molar-refractivity contribution >= 4 is 45.2 Å². The predicted molar refractivity (Wildman–Crippen MR) is 125 cm³/mol. The van der Waals surface area contributed by atoms with Crippen molar-refractivity contribution in [1.82, 2.24) is 0 Å². The topological polar surface area (TPSA) is 71.3 Å². The number of benzene rings is 3. The third-order valence-electron chi connectivity index (χ3n) is 4.36. The highest BCUT2D eigenvalue weighted by atomic mass is 79.9. The Morgan fingerprint density at radius 3 is 2.59 bits per heavy atom. The van der Waals surface area contributed by atoms with Crippen molar-refractivity contribution in [2.45, 2.75) is 6.61 Å². The summed E-state index contributed by atoms with van der Waals surface area (Å²) in [6, 6.07) is 17.9. The average molecular weight is 516 g/mol. The maximum atomic E-state index is 13.0. The second-order valence-electron chi connectivity index (χ2n) is 6.55. The maximum Gasteiger partial charge on any atom is 0.266 e. The first kappa shape index (κ1) is 23.3. The van der Waals surface area contributed by atoms with E-state index in [1.54, 1.807) is 12.1 Å². The van der Waals surface area contributed by atoms with Crippen molar-refractivity contribution in [3.63, 3.8) is 0 Å². The number of carbonyl (C=O) groups is 1. The number of nitrogens with zero attached hydrogens (tertiary/aromatic N) is 1. The Labute approximate surface area is 198 Å². The number of carbonyl (C=O) groups excluding carboxylic acids is 1. The highest BCUT2D eigenvalue weighted by molar-refractivity contribution is 9.10. The number of anilines is 1. The van der Waals surface area contributed by atoms with Crippen LogP contribution in [0.5, 0.6) is 11.5 Å². The van der Waals surface area contributed by atoms with Crippen molar-refractivity contribution in [1.29, 1.82) is 5.26 Å². The van der Waals surface area contributed by atoms with Crippen LogP contribution in [-0.4, -0.2) is 13.0 Å². The molecule has 32 heavy (non-hydrogen) atoms. The molecule has 0 bridgehead atoms. The highest BCUT2D eigenvalue weighted by Gasteiger charge is 2.15. The number of hydrogen-bond acceptors (Lipinski definition) is 4. The summed E-state index contributed by atoms with van der Waals surface area (Å²) in [6.07, 6.45) is 1.38. The third-order valence-corrected chi connectivity index (χ3v) is 5.41. The molecule has 0 saturated heterocycles. The van der Waals surface area contributed by atoms with E-state index in [0.717, 1.165) is 10.0 Å². The van der Waals surface area contributed by atoms with E-state index in [0.29, 0.717) is 22.7 Å². The summed E-state index contributed by atoms with van der Waals surface area (Å²) in [7, 11) is 1.47. The quantitative estimate of drug-likeness (QED) is 0.293. The molecule has 3 aromatic rings. The zero-order valence-electron chi connectivity index (χ0n) is 16.9. The van der Waals surface area contributed by atoms with Gasteiger partial charge in [-0.2, -0.15) is 5.26 Å². The van der Waals surface area contributed by atoms with E-state index >= 15 is 0 Å². The Balaban J connectivity index is 1.82. The minimum atomic E-state index is -0.636. The van der Waals surface area contributed by atoms with Crippen molar-refractivity contribution in [3.8, 4) is 17.6 Å². The summed E-state index contributed by atoms with van der Waals surface area (Å²) in [5.74, 6) is -0.366. The van der Waals surface area contributed by atoms with Crippen molar-refractivity contribution < 1.29 is 18.7 Å². The van der Waals surface area contributed by atoms with Crippen LogP contribution in [0.1, 0.15) is 11.1 Å². The fraction of sp³-hybridized carbons (Fsp3) is 0.0833. The molecule has 0 radical (unpaired) electrons. The van der Waals surface area contributed by atoms with Crippen LogP contribution in [0.15, 0.2) is 70.7 Å². The fourth-order valence-electron chi connectivity index (χ4n) is 2.78.